The van der Waals surface area contributed by atoms with Crippen LogP contribution in [-0.2, 0) is 4.79 Å². The van der Waals surface area contributed by atoms with E-state index in [9.17, 15) is 9.90 Å². The Morgan fingerprint density at radius 1 is 1.27 bits per heavy atom. The number of carbonyl (C=O) groups is 1. The molecule has 0 heterocycles. The number of anilines is 1. The number of carbonyl (C=O) groups excluding carboxylic acids is 1. The third-order valence-electron chi connectivity index (χ3n) is 4.20. The second-order valence-corrected chi connectivity index (χ2v) is 5.76. The summed E-state index contributed by atoms with van der Waals surface area (Å²) in [6.07, 6.45) is 5.95. The largest absolute Gasteiger partial charge is 0.497 e. The second-order valence-electron chi connectivity index (χ2n) is 5.76. The zero-order chi connectivity index (χ0) is 15.8. The molecule has 1 aromatic rings. The maximum Gasteiger partial charge on any atom is 0.238 e. The molecule has 0 saturated heterocycles. The highest BCUT2D eigenvalue weighted by atomic mass is 16.5. The number of aliphatic hydroxyl groups excluding tert-OH is 1. The molecule has 5 heteroatoms. The van der Waals surface area contributed by atoms with E-state index in [1.165, 1.54) is 19.3 Å². The van der Waals surface area contributed by atoms with Gasteiger partial charge in [-0.15, -0.1) is 0 Å². The molecule has 1 aromatic carbocycles. The lowest BCUT2D eigenvalue weighted by atomic mass is 9.94. The first kappa shape index (κ1) is 16.8. The number of methoxy groups -OCH3 is 1. The molecular formula is C17H26N2O3. The van der Waals surface area contributed by atoms with Crippen LogP contribution in [0.1, 0.15) is 32.1 Å². The Labute approximate surface area is 132 Å². The topological polar surface area (TPSA) is 61.8 Å². The normalized spacial score (nSPS) is 15.8. The molecule has 1 saturated carbocycles. The van der Waals surface area contributed by atoms with Crippen LogP contribution < -0.4 is 10.1 Å². The molecule has 2 N–H and O–H groups in total. The molecular weight excluding hydrogens is 280 g/mol. The van der Waals surface area contributed by atoms with Crippen LogP contribution in [-0.4, -0.2) is 48.8 Å². The van der Waals surface area contributed by atoms with Gasteiger partial charge in [0.1, 0.15) is 5.75 Å². The monoisotopic (exact) mass is 306 g/mol. The number of nitrogens with one attached hydrogen (secondary N) is 1. The summed E-state index contributed by atoms with van der Waals surface area (Å²) >= 11 is 0. The molecule has 1 aliphatic carbocycles. The molecule has 0 bridgehead atoms. The molecule has 0 aromatic heterocycles. The summed E-state index contributed by atoms with van der Waals surface area (Å²) in [5.41, 5.74) is 0.762. The summed E-state index contributed by atoms with van der Waals surface area (Å²) in [6.45, 7) is 0.976. The van der Waals surface area contributed by atoms with E-state index in [0.29, 0.717) is 19.1 Å². The van der Waals surface area contributed by atoms with Crippen molar-refractivity contribution in [3.05, 3.63) is 24.3 Å². The number of nitrogens with zero attached hydrogens (tertiary/aromatic N) is 1. The Hall–Kier alpha value is -1.59. The van der Waals surface area contributed by atoms with Crippen LogP contribution >= 0.6 is 0 Å². The Morgan fingerprint density at radius 3 is 2.55 bits per heavy atom. The van der Waals surface area contributed by atoms with Gasteiger partial charge in [-0.3, -0.25) is 9.69 Å². The van der Waals surface area contributed by atoms with Crippen molar-refractivity contribution < 1.29 is 14.6 Å². The van der Waals surface area contributed by atoms with E-state index in [1.807, 2.05) is 24.3 Å². The fraction of sp³-hybridized carbons (Fsp3) is 0.588. The summed E-state index contributed by atoms with van der Waals surface area (Å²) in [5, 5.41) is 12.1. The Balaban J connectivity index is 1.89. The number of hydrogen-bond acceptors (Lipinski definition) is 4. The van der Waals surface area contributed by atoms with Crippen molar-refractivity contribution in [3.8, 4) is 5.75 Å². The van der Waals surface area contributed by atoms with Crippen LogP contribution in [0, 0.1) is 0 Å². The van der Waals surface area contributed by atoms with E-state index in [4.69, 9.17) is 4.74 Å². The maximum absolute atomic E-state index is 12.2. The van der Waals surface area contributed by atoms with Crippen molar-refractivity contribution in [1.29, 1.82) is 0 Å². The number of aliphatic hydroxyl groups is 1. The van der Waals surface area contributed by atoms with Gasteiger partial charge >= 0.3 is 0 Å². The van der Waals surface area contributed by atoms with Gasteiger partial charge < -0.3 is 15.2 Å². The lowest BCUT2D eigenvalue weighted by molar-refractivity contribution is -0.118. The van der Waals surface area contributed by atoms with E-state index in [-0.39, 0.29) is 12.5 Å². The Morgan fingerprint density at radius 2 is 1.95 bits per heavy atom. The van der Waals surface area contributed by atoms with E-state index < -0.39 is 0 Å². The van der Waals surface area contributed by atoms with Crippen LogP contribution in [0.15, 0.2) is 24.3 Å². The van der Waals surface area contributed by atoms with Crippen LogP contribution in [0.25, 0.3) is 0 Å². The number of ether oxygens (including phenoxy) is 1. The summed E-state index contributed by atoms with van der Waals surface area (Å²) in [7, 11) is 1.62. The van der Waals surface area contributed by atoms with E-state index in [0.717, 1.165) is 24.3 Å². The molecule has 5 nitrogen and oxygen atoms in total. The summed E-state index contributed by atoms with van der Waals surface area (Å²) in [4.78, 5) is 14.3. The van der Waals surface area contributed by atoms with Crippen molar-refractivity contribution in [2.24, 2.45) is 0 Å². The fourth-order valence-electron chi connectivity index (χ4n) is 3.02. The summed E-state index contributed by atoms with van der Waals surface area (Å²) in [6, 6.07) is 7.72. The fourth-order valence-corrected chi connectivity index (χ4v) is 3.02. The van der Waals surface area contributed by atoms with E-state index >= 15 is 0 Å². The summed E-state index contributed by atoms with van der Waals surface area (Å²) < 4.78 is 5.10. The lowest BCUT2D eigenvalue weighted by Gasteiger charge is -2.33. The van der Waals surface area contributed by atoms with Gasteiger partial charge in [0.25, 0.3) is 0 Å². The van der Waals surface area contributed by atoms with E-state index in [1.54, 1.807) is 7.11 Å². The zero-order valence-electron chi connectivity index (χ0n) is 13.3. The van der Waals surface area contributed by atoms with E-state index in [2.05, 4.69) is 10.2 Å². The molecule has 22 heavy (non-hydrogen) atoms. The van der Waals surface area contributed by atoms with Gasteiger partial charge in [-0.25, -0.2) is 0 Å². The highest BCUT2D eigenvalue weighted by molar-refractivity contribution is 5.92. The zero-order valence-corrected chi connectivity index (χ0v) is 13.3. The number of rotatable bonds is 7. The molecule has 122 valence electrons. The van der Waals surface area contributed by atoms with Gasteiger partial charge in [-0.1, -0.05) is 19.3 Å². The van der Waals surface area contributed by atoms with Gasteiger partial charge in [0.2, 0.25) is 5.91 Å². The smallest absolute Gasteiger partial charge is 0.238 e. The first-order valence-electron chi connectivity index (χ1n) is 8.01. The number of hydrogen-bond donors (Lipinski definition) is 2. The molecule has 0 spiro atoms. The molecule has 0 radical (unpaired) electrons. The molecule has 2 rings (SSSR count). The Kier molecular flexibility index (Phi) is 6.68. The standard InChI is InChI=1S/C17H26N2O3/c1-22-16-9-7-14(8-10-16)18-17(21)13-19(11-12-20)15-5-3-2-4-6-15/h7-10,15,20H,2-6,11-13H2,1H3,(H,18,21). The number of benzene rings is 1. The third kappa shape index (κ3) is 5.00. The van der Waals surface area contributed by atoms with Crippen LogP contribution in [0.4, 0.5) is 5.69 Å². The SMILES string of the molecule is COc1ccc(NC(=O)CN(CCO)C2CCCCC2)cc1. The average Bonchev–Trinajstić information content (AvgIpc) is 2.56. The molecule has 1 aliphatic rings. The van der Waals surface area contributed by atoms with Crippen molar-refractivity contribution in [2.45, 2.75) is 38.1 Å². The third-order valence-corrected chi connectivity index (χ3v) is 4.20. The molecule has 1 fully saturated rings. The van der Waals surface area contributed by atoms with Crippen molar-refractivity contribution in [2.75, 3.05) is 32.1 Å². The highest BCUT2D eigenvalue weighted by Gasteiger charge is 2.22. The Bertz CT molecular complexity index is 455. The first-order chi connectivity index (χ1) is 10.7. The summed E-state index contributed by atoms with van der Waals surface area (Å²) in [5.74, 6) is 0.728. The highest BCUT2D eigenvalue weighted by Crippen LogP contribution is 2.22. The lowest BCUT2D eigenvalue weighted by Crippen LogP contribution is -2.43. The van der Waals surface area contributed by atoms with Gasteiger partial charge in [0.05, 0.1) is 20.3 Å². The quantitative estimate of drug-likeness (QED) is 0.811. The maximum atomic E-state index is 12.2. The van der Waals surface area contributed by atoms with Crippen molar-refractivity contribution in [1.82, 2.24) is 4.90 Å². The van der Waals surface area contributed by atoms with Crippen LogP contribution in [0.2, 0.25) is 0 Å². The van der Waals surface area contributed by atoms with Crippen molar-refractivity contribution in [3.63, 3.8) is 0 Å². The van der Waals surface area contributed by atoms with Gasteiger partial charge in [0.15, 0.2) is 0 Å². The first-order valence-corrected chi connectivity index (χ1v) is 8.01. The molecule has 1 amide bonds. The van der Waals surface area contributed by atoms with Gasteiger partial charge in [-0.05, 0) is 37.1 Å². The minimum absolute atomic E-state index is 0.0378. The van der Waals surface area contributed by atoms with Crippen molar-refractivity contribution >= 4 is 11.6 Å². The minimum atomic E-state index is -0.0378. The minimum Gasteiger partial charge on any atom is -0.497 e. The van der Waals surface area contributed by atoms with Gasteiger partial charge in [0, 0.05) is 18.3 Å². The average molecular weight is 306 g/mol. The van der Waals surface area contributed by atoms with Crippen LogP contribution in [0.3, 0.4) is 0 Å². The predicted octanol–water partition coefficient (Wildman–Crippen LogP) is 2.26. The predicted molar refractivity (Wildman–Crippen MR) is 87.2 cm³/mol. The second kappa shape index (κ2) is 8.76. The van der Waals surface area contributed by atoms with Crippen LogP contribution in [0.5, 0.6) is 5.75 Å². The molecule has 0 atom stereocenters. The van der Waals surface area contributed by atoms with Gasteiger partial charge in [-0.2, -0.15) is 0 Å². The molecule has 0 unspecified atom stereocenters. The molecule has 0 aliphatic heterocycles. The number of amides is 1.